The number of rotatable bonds is 4. The topological polar surface area (TPSA) is 32.5 Å². The molecule has 1 saturated carbocycles. The van der Waals surface area contributed by atoms with E-state index in [9.17, 15) is 0 Å². The van der Waals surface area contributed by atoms with Gasteiger partial charge in [-0.05, 0) is 59.2 Å². The molecule has 1 saturated heterocycles. The maximum Gasteiger partial charge on any atom is 0.0332 e. The molecular formula is C13H27N3. The van der Waals surface area contributed by atoms with Crippen LogP contribution in [0.1, 0.15) is 32.6 Å². The molecule has 2 rings (SSSR count). The van der Waals surface area contributed by atoms with Crippen LogP contribution in [-0.2, 0) is 0 Å². The van der Waals surface area contributed by atoms with E-state index in [1.807, 2.05) is 0 Å². The van der Waals surface area contributed by atoms with Gasteiger partial charge >= 0.3 is 0 Å². The van der Waals surface area contributed by atoms with Crippen LogP contribution in [0.4, 0.5) is 0 Å². The molecule has 0 aromatic carbocycles. The Labute approximate surface area is 100.0 Å². The van der Waals surface area contributed by atoms with Crippen molar-refractivity contribution in [3.8, 4) is 0 Å². The van der Waals surface area contributed by atoms with Crippen molar-refractivity contribution in [2.24, 2.45) is 11.7 Å². The Balaban J connectivity index is 2.01. The molecule has 0 aromatic heterocycles. The van der Waals surface area contributed by atoms with E-state index in [-0.39, 0.29) is 5.54 Å². The highest BCUT2D eigenvalue weighted by atomic mass is 15.3. The predicted molar refractivity (Wildman–Crippen MR) is 68.5 cm³/mol. The zero-order valence-corrected chi connectivity index (χ0v) is 11.1. The average molecular weight is 225 g/mol. The highest BCUT2D eigenvalue weighted by molar-refractivity contribution is 5.01. The van der Waals surface area contributed by atoms with Gasteiger partial charge in [0.05, 0.1) is 0 Å². The van der Waals surface area contributed by atoms with Gasteiger partial charge in [0.15, 0.2) is 0 Å². The third kappa shape index (κ3) is 2.27. The van der Waals surface area contributed by atoms with Crippen molar-refractivity contribution >= 4 is 0 Å². The summed E-state index contributed by atoms with van der Waals surface area (Å²) in [5.74, 6) is 0.842. The minimum absolute atomic E-state index is 0.239. The fraction of sp³-hybridized carbons (Fsp3) is 1.00. The zero-order chi connectivity index (χ0) is 11.8. The second kappa shape index (κ2) is 4.63. The van der Waals surface area contributed by atoms with Crippen molar-refractivity contribution in [2.75, 3.05) is 33.7 Å². The number of nitrogens with two attached hydrogens (primary N) is 1. The Morgan fingerprint density at radius 3 is 2.56 bits per heavy atom. The minimum atomic E-state index is 0.239. The molecule has 3 nitrogen and oxygen atoms in total. The lowest BCUT2D eigenvalue weighted by atomic mass is 9.90. The van der Waals surface area contributed by atoms with Crippen molar-refractivity contribution < 1.29 is 0 Å². The van der Waals surface area contributed by atoms with Crippen LogP contribution in [0.5, 0.6) is 0 Å². The van der Waals surface area contributed by atoms with Crippen molar-refractivity contribution in [1.29, 1.82) is 0 Å². The molecule has 2 aliphatic rings. The third-order valence-corrected chi connectivity index (χ3v) is 4.82. The van der Waals surface area contributed by atoms with Crippen molar-refractivity contribution in [3.63, 3.8) is 0 Å². The third-order valence-electron chi connectivity index (χ3n) is 4.82. The highest BCUT2D eigenvalue weighted by Crippen LogP contribution is 2.43. The lowest BCUT2D eigenvalue weighted by Crippen LogP contribution is -2.58. The Kier molecular flexibility index (Phi) is 3.57. The van der Waals surface area contributed by atoms with E-state index in [1.165, 1.54) is 38.8 Å². The molecular weight excluding hydrogens is 198 g/mol. The molecule has 1 aliphatic heterocycles. The van der Waals surface area contributed by atoms with Crippen molar-refractivity contribution in [1.82, 2.24) is 9.80 Å². The van der Waals surface area contributed by atoms with Gasteiger partial charge in [-0.15, -0.1) is 0 Å². The molecule has 2 atom stereocenters. The average Bonchev–Trinajstić information content (AvgIpc) is 3.11. The highest BCUT2D eigenvalue weighted by Gasteiger charge is 2.45. The molecule has 0 radical (unpaired) electrons. The summed E-state index contributed by atoms with van der Waals surface area (Å²) in [4.78, 5) is 5.04. The van der Waals surface area contributed by atoms with E-state index in [0.717, 1.165) is 12.5 Å². The van der Waals surface area contributed by atoms with E-state index < -0.39 is 0 Å². The fourth-order valence-corrected chi connectivity index (χ4v) is 3.18. The maximum absolute atomic E-state index is 6.03. The maximum atomic E-state index is 6.03. The van der Waals surface area contributed by atoms with Gasteiger partial charge in [-0.2, -0.15) is 0 Å². The Morgan fingerprint density at radius 2 is 2.06 bits per heavy atom. The molecule has 0 aromatic rings. The van der Waals surface area contributed by atoms with Gasteiger partial charge in [0, 0.05) is 24.7 Å². The minimum Gasteiger partial charge on any atom is -0.329 e. The molecule has 3 heteroatoms. The van der Waals surface area contributed by atoms with Crippen LogP contribution in [0, 0.1) is 5.92 Å². The number of hydrogen-bond acceptors (Lipinski definition) is 3. The van der Waals surface area contributed by atoms with Crippen LogP contribution in [-0.4, -0.2) is 55.1 Å². The van der Waals surface area contributed by atoms with Gasteiger partial charge in [0.25, 0.3) is 0 Å². The van der Waals surface area contributed by atoms with E-state index >= 15 is 0 Å². The zero-order valence-electron chi connectivity index (χ0n) is 11.1. The Morgan fingerprint density at radius 1 is 1.38 bits per heavy atom. The second-order valence-corrected chi connectivity index (χ2v) is 6.00. The summed E-state index contributed by atoms with van der Waals surface area (Å²) < 4.78 is 0. The van der Waals surface area contributed by atoms with Crippen LogP contribution in [0.2, 0.25) is 0 Å². The molecule has 2 N–H and O–H groups in total. The van der Waals surface area contributed by atoms with Gasteiger partial charge in [0.1, 0.15) is 0 Å². The number of piperidine rings is 1. The number of nitrogens with zero attached hydrogens (tertiary/aromatic N) is 2. The van der Waals surface area contributed by atoms with Crippen LogP contribution < -0.4 is 5.73 Å². The van der Waals surface area contributed by atoms with Crippen molar-refractivity contribution in [2.45, 2.75) is 44.2 Å². The molecule has 94 valence electrons. The summed E-state index contributed by atoms with van der Waals surface area (Å²) in [5.41, 5.74) is 6.27. The van der Waals surface area contributed by atoms with Crippen LogP contribution >= 0.6 is 0 Å². The van der Waals surface area contributed by atoms with Gasteiger partial charge in [-0.3, -0.25) is 4.90 Å². The van der Waals surface area contributed by atoms with Crippen molar-refractivity contribution in [3.05, 3.63) is 0 Å². The molecule has 16 heavy (non-hydrogen) atoms. The fourth-order valence-electron chi connectivity index (χ4n) is 3.18. The first kappa shape index (κ1) is 12.3. The largest absolute Gasteiger partial charge is 0.329 e. The lowest BCUT2D eigenvalue weighted by Gasteiger charge is -2.46. The van der Waals surface area contributed by atoms with E-state index in [1.54, 1.807) is 0 Å². The number of likely N-dealkylation sites (N-methyl/N-ethyl adjacent to an activating group) is 2. The quantitative estimate of drug-likeness (QED) is 0.779. The summed E-state index contributed by atoms with van der Waals surface area (Å²) in [6, 6.07) is 0.702. The van der Waals surface area contributed by atoms with Gasteiger partial charge < -0.3 is 10.6 Å². The van der Waals surface area contributed by atoms with Crippen LogP contribution in [0.25, 0.3) is 0 Å². The molecule has 0 amide bonds. The lowest BCUT2D eigenvalue weighted by molar-refractivity contribution is 0.0354. The van der Waals surface area contributed by atoms with Gasteiger partial charge in [-0.25, -0.2) is 0 Å². The first-order valence-electron chi connectivity index (χ1n) is 6.69. The summed E-state index contributed by atoms with van der Waals surface area (Å²) in [6.45, 7) is 5.62. The van der Waals surface area contributed by atoms with E-state index in [4.69, 9.17) is 5.73 Å². The number of hydrogen-bond donors (Lipinski definition) is 1. The van der Waals surface area contributed by atoms with E-state index in [0.29, 0.717) is 6.04 Å². The van der Waals surface area contributed by atoms with Gasteiger partial charge in [-0.1, -0.05) is 0 Å². The van der Waals surface area contributed by atoms with Crippen LogP contribution in [0.15, 0.2) is 0 Å². The predicted octanol–water partition coefficient (Wildman–Crippen LogP) is 1.14. The SMILES string of the molecule is CN1CCCC(N(C)C(C)(CN)C2CC2)C1. The molecule has 1 aliphatic carbocycles. The summed E-state index contributed by atoms with van der Waals surface area (Å²) in [6.07, 6.45) is 5.42. The summed E-state index contributed by atoms with van der Waals surface area (Å²) in [5, 5.41) is 0. The monoisotopic (exact) mass is 225 g/mol. The normalized spacial score (nSPS) is 31.7. The van der Waals surface area contributed by atoms with Crippen LogP contribution in [0.3, 0.4) is 0 Å². The Hall–Kier alpha value is -0.120. The molecule has 1 heterocycles. The Bertz CT molecular complexity index is 239. The molecule has 0 spiro atoms. The first-order valence-corrected chi connectivity index (χ1v) is 6.69. The summed E-state index contributed by atoms with van der Waals surface area (Å²) in [7, 11) is 4.52. The summed E-state index contributed by atoms with van der Waals surface area (Å²) >= 11 is 0. The molecule has 0 bridgehead atoms. The number of likely N-dealkylation sites (tertiary alicyclic amines) is 1. The standard InChI is InChI=1S/C13H27N3/c1-13(10-14,11-6-7-11)16(3)12-5-4-8-15(2)9-12/h11-12H,4-10,14H2,1-3H3. The van der Waals surface area contributed by atoms with Gasteiger partial charge in [0.2, 0.25) is 0 Å². The molecule has 2 fully saturated rings. The first-order chi connectivity index (χ1) is 7.58. The second-order valence-electron chi connectivity index (χ2n) is 6.00. The smallest absolute Gasteiger partial charge is 0.0332 e. The molecule has 2 unspecified atom stereocenters. The van der Waals surface area contributed by atoms with E-state index in [2.05, 4.69) is 30.8 Å².